The maximum atomic E-state index is 13.8. The molecule has 3 aromatic carbocycles. The van der Waals surface area contributed by atoms with Crippen LogP contribution < -0.4 is 10.6 Å². The van der Waals surface area contributed by atoms with Gasteiger partial charge in [-0.25, -0.2) is 8.78 Å². The zero-order valence-electron chi connectivity index (χ0n) is 19.3. The molecular formula is C27H25Cl2F2N3O. The molecule has 0 saturated heterocycles. The molecule has 0 aliphatic heterocycles. The molecule has 1 amide bonds. The van der Waals surface area contributed by atoms with Crippen molar-refractivity contribution in [2.24, 2.45) is 0 Å². The number of halogens is 4. The maximum Gasteiger partial charge on any atom is 0.273 e. The first kappa shape index (κ1) is 26.4. The van der Waals surface area contributed by atoms with E-state index in [1.807, 2.05) is 0 Å². The van der Waals surface area contributed by atoms with Crippen LogP contribution in [0, 0.1) is 5.41 Å². The van der Waals surface area contributed by atoms with Gasteiger partial charge in [-0.3, -0.25) is 4.79 Å². The number of rotatable bonds is 9. The Morgan fingerprint density at radius 2 is 1.57 bits per heavy atom. The Hall–Kier alpha value is -3.22. The number of nitrogens with one attached hydrogen (secondary N) is 3. The Balaban J connectivity index is 1.66. The lowest BCUT2D eigenvalue weighted by Gasteiger charge is -2.15. The lowest BCUT2D eigenvalue weighted by Crippen LogP contribution is -2.15. The number of hydrogen-bond acceptors (Lipinski definition) is 3. The van der Waals surface area contributed by atoms with Crippen LogP contribution in [0.25, 0.3) is 5.70 Å². The Morgan fingerprint density at radius 1 is 0.971 bits per heavy atom. The van der Waals surface area contributed by atoms with Gasteiger partial charge in [0.2, 0.25) is 5.91 Å². The highest BCUT2D eigenvalue weighted by molar-refractivity contribution is 6.36. The average molecular weight is 516 g/mol. The van der Waals surface area contributed by atoms with Gasteiger partial charge in [0, 0.05) is 45.4 Å². The Morgan fingerprint density at radius 3 is 2.11 bits per heavy atom. The molecule has 0 spiro atoms. The quantitative estimate of drug-likeness (QED) is 0.251. The lowest BCUT2D eigenvalue weighted by atomic mass is 10.0. The first-order valence-electron chi connectivity index (χ1n) is 10.9. The molecule has 0 atom stereocenters. The van der Waals surface area contributed by atoms with Crippen molar-refractivity contribution in [1.29, 1.82) is 5.41 Å². The fraction of sp³-hybridized carbons (Fsp3) is 0.185. The van der Waals surface area contributed by atoms with E-state index in [-0.39, 0.29) is 24.3 Å². The summed E-state index contributed by atoms with van der Waals surface area (Å²) in [6, 6.07) is 18.0. The molecule has 0 bridgehead atoms. The third-order valence-corrected chi connectivity index (χ3v) is 5.76. The van der Waals surface area contributed by atoms with E-state index in [9.17, 15) is 13.6 Å². The lowest BCUT2D eigenvalue weighted by molar-refractivity contribution is -0.115. The molecule has 3 rings (SSSR count). The average Bonchev–Trinajstić information content (AvgIpc) is 2.80. The van der Waals surface area contributed by atoms with Gasteiger partial charge in [-0.15, -0.1) is 0 Å². The van der Waals surface area contributed by atoms with Gasteiger partial charge in [0.05, 0.1) is 11.4 Å². The SMILES string of the molecule is CCC(F)(F)c1ccc(CC(=O)Nc2ccc(N/C(=C\C(C)=N)c3ccc(Cl)cc3Cl)cc2)cc1. The Kier molecular flexibility index (Phi) is 8.65. The zero-order valence-corrected chi connectivity index (χ0v) is 20.8. The molecule has 0 unspecified atom stereocenters. The van der Waals surface area contributed by atoms with E-state index in [4.69, 9.17) is 28.6 Å². The summed E-state index contributed by atoms with van der Waals surface area (Å²) in [6.45, 7) is 3.09. The van der Waals surface area contributed by atoms with Gasteiger partial charge in [-0.05, 0) is 61.0 Å². The van der Waals surface area contributed by atoms with E-state index in [1.165, 1.54) is 19.1 Å². The molecule has 0 heterocycles. The minimum atomic E-state index is -2.87. The molecule has 0 fully saturated rings. The summed E-state index contributed by atoms with van der Waals surface area (Å²) in [6.07, 6.45) is 1.45. The first-order chi connectivity index (χ1) is 16.6. The van der Waals surface area contributed by atoms with Crippen LogP contribution >= 0.6 is 23.2 Å². The summed E-state index contributed by atoms with van der Waals surface area (Å²) in [5.41, 5.74) is 3.58. The van der Waals surface area contributed by atoms with Crippen LogP contribution in [-0.2, 0) is 17.1 Å². The summed E-state index contributed by atoms with van der Waals surface area (Å²) < 4.78 is 27.5. The van der Waals surface area contributed by atoms with Crippen molar-refractivity contribution in [3.05, 3.63) is 99.5 Å². The van der Waals surface area contributed by atoms with Crippen molar-refractivity contribution >= 4 is 51.9 Å². The maximum absolute atomic E-state index is 13.8. The van der Waals surface area contributed by atoms with Gasteiger partial charge < -0.3 is 16.0 Å². The molecule has 35 heavy (non-hydrogen) atoms. The number of benzene rings is 3. The topological polar surface area (TPSA) is 65.0 Å². The number of allylic oxidation sites excluding steroid dienone is 1. The summed E-state index contributed by atoms with van der Waals surface area (Å²) in [5, 5.41) is 14.9. The van der Waals surface area contributed by atoms with Crippen molar-refractivity contribution < 1.29 is 13.6 Å². The summed E-state index contributed by atoms with van der Waals surface area (Å²) in [5.74, 6) is -3.13. The van der Waals surface area contributed by atoms with Gasteiger partial charge in [0.15, 0.2) is 0 Å². The van der Waals surface area contributed by atoms with E-state index in [0.717, 1.165) is 5.69 Å². The molecule has 0 radical (unpaired) electrons. The second-order valence-electron chi connectivity index (χ2n) is 8.05. The summed E-state index contributed by atoms with van der Waals surface area (Å²) >= 11 is 12.3. The highest BCUT2D eigenvalue weighted by Crippen LogP contribution is 2.31. The Bertz CT molecular complexity index is 1240. The second-order valence-corrected chi connectivity index (χ2v) is 8.89. The number of hydrogen-bond donors (Lipinski definition) is 3. The van der Waals surface area contributed by atoms with Gasteiger partial charge in [-0.1, -0.05) is 54.4 Å². The fourth-order valence-electron chi connectivity index (χ4n) is 3.36. The van der Waals surface area contributed by atoms with Crippen molar-refractivity contribution in [2.75, 3.05) is 10.6 Å². The highest BCUT2D eigenvalue weighted by atomic mass is 35.5. The molecule has 3 N–H and O–H groups in total. The molecule has 4 nitrogen and oxygen atoms in total. The van der Waals surface area contributed by atoms with E-state index < -0.39 is 5.92 Å². The van der Waals surface area contributed by atoms with Crippen molar-refractivity contribution in [3.63, 3.8) is 0 Å². The molecule has 0 aromatic heterocycles. The monoisotopic (exact) mass is 515 g/mol. The van der Waals surface area contributed by atoms with Crippen LogP contribution in [0.5, 0.6) is 0 Å². The molecule has 8 heteroatoms. The van der Waals surface area contributed by atoms with Crippen LogP contribution in [0.2, 0.25) is 10.0 Å². The predicted octanol–water partition coefficient (Wildman–Crippen LogP) is 8.17. The van der Waals surface area contributed by atoms with E-state index in [2.05, 4.69) is 10.6 Å². The number of alkyl halides is 2. The molecular weight excluding hydrogens is 491 g/mol. The van der Waals surface area contributed by atoms with Crippen molar-refractivity contribution in [2.45, 2.75) is 32.6 Å². The van der Waals surface area contributed by atoms with E-state index in [0.29, 0.717) is 38.3 Å². The van der Waals surface area contributed by atoms with Crippen LogP contribution in [0.1, 0.15) is 37.0 Å². The first-order valence-corrected chi connectivity index (χ1v) is 11.7. The van der Waals surface area contributed by atoms with Gasteiger partial charge in [-0.2, -0.15) is 0 Å². The highest BCUT2D eigenvalue weighted by Gasteiger charge is 2.28. The number of amides is 1. The minimum Gasteiger partial charge on any atom is -0.355 e. The molecule has 0 aliphatic carbocycles. The van der Waals surface area contributed by atoms with Gasteiger partial charge in [0.1, 0.15) is 0 Å². The molecule has 3 aromatic rings. The van der Waals surface area contributed by atoms with Crippen molar-refractivity contribution in [3.8, 4) is 0 Å². The van der Waals surface area contributed by atoms with E-state index >= 15 is 0 Å². The van der Waals surface area contributed by atoms with Crippen LogP contribution in [-0.4, -0.2) is 11.6 Å². The number of carbonyl (C=O) groups excluding carboxylic acids is 1. The van der Waals surface area contributed by atoms with Crippen LogP contribution in [0.15, 0.2) is 72.8 Å². The Labute approximate surface area is 213 Å². The second kappa shape index (κ2) is 11.5. The standard InChI is InChI=1S/C27H25Cl2F2N3O/c1-3-27(30,31)19-6-4-18(5-7-19)15-26(35)34-22-11-9-21(10-12-22)33-25(14-17(2)32)23-13-8-20(28)16-24(23)29/h4-14,16,32-33H,3,15H2,1-2H3,(H,34,35)/b25-14-,32-17?. The number of anilines is 2. The third-order valence-electron chi connectivity index (χ3n) is 5.21. The van der Waals surface area contributed by atoms with Gasteiger partial charge >= 0.3 is 0 Å². The van der Waals surface area contributed by atoms with Crippen molar-refractivity contribution in [1.82, 2.24) is 0 Å². The van der Waals surface area contributed by atoms with Crippen LogP contribution in [0.4, 0.5) is 20.2 Å². The molecule has 182 valence electrons. The zero-order chi connectivity index (χ0) is 25.6. The van der Waals surface area contributed by atoms with Crippen LogP contribution in [0.3, 0.4) is 0 Å². The third kappa shape index (κ3) is 7.38. The predicted molar refractivity (Wildman–Crippen MR) is 141 cm³/mol. The molecule has 0 saturated carbocycles. The number of carbonyl (C=O) groups is 1. The van der Waals surface area contributed by atoms with E-state index in [1.54, 1.807) is 67.6 Å². The van der Waals surface area contributed by atoms with Gasteiger partial charge in [0.25, 0.3) is 5.92 Å². The smallest absolute Gasteiger partial charge is 0.273 e. The molecule has 0 aliphatic rings. The fourth-order valence-corrected chi connectivity index (χ4v) is 3.87. The minimum absolute atomic E-state index is 0.0567. The largest absolute Gasteiger partial charge is 0.355 e. The summed E-state index contributed by atoms with van der Waals surface area (Å²) in [4.78, 5) is 12.4. The normalized spacial score (nSPS) is 11.8. The summed E-state index contributed by atoms with van der Waals surface area (Å²) in [7, 11) is 0.